The smallest absolute Gasteiger partial charge is 0.168 e. The molecular formula is C21H20IN5O2. The first kappa shape index (κ1) is 19.6. The maximum absolute atomic E-state index is 5.60. The molecule has 0 fully saturated rings. The van der Waals surface area contributed by atoms with E-state index in [0.29, 0.717) is 19.8 Å². The average molecular weight is 501 g/mol. The number of nitrogens with zero attached hydrogens (tertiary/aromatic N) is 4. The Hall–Kier alpha value is -2.72. The van der Waals surface area contributed by atoms with Crippen molar-refractivity contribution in [2.75, 3.05) is 25.6 Å². The van der Waals surface area contributed by atoms with E-state index in [1.165, 1.54) is 0 Å². The van der Waals surface area contributed by atoms with E-state index in [0.717, 1.165) is 37.4 Å². The number of ether oxygens (including phenoxy) is 2. The first-order valence-electron chi connectivity index (χ1n) is 9.14. The lowest BCUT2D eigenvalue weighted by atomic mass is 10.2. The molecule has 2 aromatic heterocycles. The van der Waals surface area contributed by atoms with Crippen LogP contribution in [0.5, 0.6) is 5.75 Å². The minimum Gasteiger partial charge on any atom is -0.491 e. The number of fused-ring (bicyclic) bond motifs is 1. The Balaban J connectivity index is 1.49. The summed E-state index contributed by atoms with van der Waals surface area (Å²) in [4.78, 5) is 8.83. The Morgan fingerprint density at radius 2 is 1.93 bits per heavy atom. The van der Waals surface area contributed by atoms with Gasteiger partial charge in [0, 0.05) is 17.2 Å². The molecule has 0 bridgehead atoms. The summed E-state index contributed by atoms with van der Waals surface area (Å²) in [6, 6.07) is 16.1. The lowest BCUT2D eigenvalue weighted by Crippen LogP contribution is -2.05. The van der Waals surface area contributed by atoms with Gasteiger partial charge in [-0.3, -0.25) is 0 Å². The number of halogens is 1. The van der Waals surface area contributed by atoms with E-state index in [9.17, 15) is 0 Å². The van der Waals surface area contributed by atoms with E-state index in [2.05, 4.69) is 49.0 Å². The van der Waals surface area contributed by atoms with Crippen molar-refractivity contribution in [2.45, 2.75) is 6.54 Å². The summed E-state index contributed by atoms with van der Waals surface area (Å²) in [7, 11) is 1.66. The van der Waals surface area contributed by atoms with Crippen LogP contribution < -0.4 is 10.1 Å². The number of hydrogen-bond donors (Lipinski definition) is 1. The molecule has 0 unspecified atom stereocenters. The fourth-order valence-electron chi connectivity index (χ4n) is 2.91. The highest BCUT2D eigenvalue weighted by Crippen LogP contribution is 2.23. The van der Waals surface area contributed by atoms with Crippen LogP contribution in [0.3, 0.4) is 0 Å². The Bertz CT molecular complexity index is 1100. The van der Waals surface area contributed by atoms with E-state index in [-0.39, 0.29) is 0 Å². The molecule has 29 heavy (non-hydrogen) atoms. The third-order valence-corrected chi connectivity index (χ3v) is 5.03. The van der Waals surface area contributed by atoms with Crippen LogP contribution in [0.25, 0.3) is 16.7 Å². The second kappa shape index (κ2) is 9.19. The van der Waals surface area contributed by atoms with Crippen LogP contribution in [0, 0.1) is 3.57 Å². The van der Waals surface area contributed by atoms with Gasteiger partial charge in [0.2, 0.25) is 0 Å². The molecule has 0 aliphatic heterocycles. The summed E-state index contributed by atoms with van der Waals surface area (Å²) < 4.78 is 13.6. The van der Waals surface area contributed by atoms with E-state index in [1.807, 2.05) is 47.1 Å². The summed E-state index contributed by atoms with van der Waals surface area (Å²) in [5.74, 6) is 1.58. The molecule has 0 saturated carbocycles. The van der Waals surface area contributed by atoms with Crippen LogP contribution in [-0.4, -0.2) is 40.1 Å². The van der Waals surface area contributed by atoms with Crippen molar-refractivity contribution in [1.82, 2.24) is 19.7 Å². The van der Waals surface area contributed by atoms with Crippen molar-refractivity contribution >= 4 is 39.4 Å². The maximum Gasteiger partial charge on any atom is 0.168 e. The second-order valence-electron chi connectivity index (χ2n) is 6.33. The predicted octanol–water partition coefficient (Wildman–Crippen LogP) is 4.06. The van der Waals surface area contributed by atoms with Crippen molar-refractivity contribution in [2.24, 2.45) is 0 Å². The first-order chi connectivity index (χ1) is 14.2. The third kappa shape index (κ3) is 4.65. The van der Waals surface area contributed by atoms with Crippen LogP contribution >= 0.6 is 22.6 Å². The number of rotatable bonds is 8. The van der Waals surface area contributed by atoms with Crippen molar-refractivity contribution in [3.05, 3.63) is 70.2 Å². The molecule has 8 heteroatoms. The molecular weight excluding hydrogens is 481 g/mol. The summed E-state index contributed by atoms with van der Waals surface area (Å²) in [5, 5.41) is 8.78. The van der Waals surface area contributed by atoms with Crippen LogP contribution in [0.1, 0.15) is 5.56 Å². The van der Waals surface area contributed by atoms with Gasteiger partial charge in [-0.25, -0.2) is 14.6 Å². The topological polar surface area (TPSA) is 74.1 Å². The number of nitrogens with one attached hydrogen (secondary N) is 1. The van der Waals surface area contributed by atoms with Gasteiger partial charge in [-0.1, -0.05) is 18.2 Å². The summed E-state index contributed by atoms with van der Waals surface area (Å²) in [6.45, 7) is 1.75. The monoisotopic (exact) mass is 501 g/mol. The molecule has 0 aliphatic rings. The lowest BCUT2D eigenvalue weighted by molar-refractivity contribution is 0.146. The molecule has 2 aromatic carbocycles. The number of hydrogen-bond acceptors (Lipinski definition) is 6. The van der Waals surface area contributed by atoms with Crippen molar-refractivity contribution in [1.29, 1.82) is 0 Å². The Morgan fingerprint density at radius 3 is 2.72 bits per heavy atom. The zero-order valence-electron chi connectivity index (χ0n) is 15.9. The third-order valence-electron chi connectivity index (χ3n) is 4.36. The van der Waals surface area contributed by atoms with Crippen molar-refractivity contribution in [3.8, 4) is 11.4 Å². The highest BCUT2D eigenvalue weighted by Gasteiger charge is 2.11. The Morgan fingerprint density at radius 1 is 1.07 bits per heavy atom. The molecule has 0 spiro atoms. The molecule has 0 saturated heterocycles. The van der Waals surface area contributed by atoms with Crippen LogP contribution in [-0.2, 0) is 11.3 Å². The SMILES string of the molecule is COCCOc1ccc(CNc2ncnc3c2cnn3-c2cccc(I)c2)cc1. The molecule has 7 nitrogen and oxygen atoms in total. The van der Waals surface area contributed by atoms with E-state index >= 15 is 0 Å². The predicted molar refractivity (Wildman–Crippen MR) is 121 cm³/mol. The highest BCUT2D eigenvalue weighted by atomic mass is 127. The summed E-state index contributed by atoms with van der Waals surface area (Å²) >= 11 is 2.29. The maximum atomic E-state index is 5.60. The van der Waals surface area contributed by atoms with Crippen LogP contribution in [0.2, 0.25) is 0 Å². The number of aromatic nitrogens is 4. The quantitative estimate of drug-likeness (QED) is 0.290. The van der Waals surface area contributed by atoms with Gasteiger partial charge in [-0.2, -0.15) is 5.10 Å². The molecule has 4 rings (SSSR count). The largest absolute Gasteiger partial charge is 0.491 e. The van der Waals surface area contributed by atoms with Gasteiger partial charge < -0.3 is 14.8 Å². The molecule has 0 radical (unpaired) electrons. The summed E-state index contributed by atoms with van der Waals surface area (Å²) in [6.07, 6.45) is 3.35. The van der Waals surface area contributed by atoms with Gasteiger partial charge in [0.25, 0.3) is 0 Å². The number of anilines is 1. The van der Waals surface area contributed by atoms with Crippen LogP contribution in [0.4, 0.5) is 5.82 Å². The molecule has 1 N–H and O–H groups in total. The molecule has 4 aromatic rings. The zero-order chi connectivity index (χ0) is 20.1. The second-order valence-corrected chi connectivity index (χ2v) is 7.58. The minimum absolute atomic E-state index is 0.539. The standard InChI is InChI=1S/C21H20IN5O2/c1-28-9-10-29-18-7-5-15(6-8-18)12-23-20-19-13-26-27(21(19)25-14-24-20)17-4-2-3-16(22)11-17/h2-8,11,13-14H,9-10,12H2,1H3,(H,23,24,25). The Labute approximate surface area is 182 Å². The molecule has 0 amide bonds. The first-order valence-corrected chi connectivity index (χ1v) is 10.2. The summed E-state index contributed by atoms with van der Waals surface area (Å²) in [5.41, 5.74) is 2.87. The van der Waals surface area contributed by atoms with Gasteiger partial charge in [0.1, 0.15) is 24.5 Å². The molecule has 2 heterocycles. The van der Waals surface area contributed by atoms with Crippen molar-refractivity contribution < 1.29 is 9.47 Å². The van der Waals surface area contributed by atoms with Gasteiger partial charge in [0.05, 0.1) is 23.9 Å². The Kier molecular flexibility index (Phi) is 6.20. The van der Waals surface area contributed by atoms with E-state index in [4.69, 9.17) is 9.47 Å². The van der Waals surface area contributed by atoms with Crippen molar-refractivity contribution in [3.63, 3.8) is 0 Å². The average Bonchev–Trinajstić information content (AvgIpc) is 3.18. The number of methoxy groups -OCH3 is 1. The molecule has 0 aliphatic carbocycles. The molecule has 0 atom stereocenters. The van der Waals surface area contributed by atoms with Gasteiger partial charge in [-0.15, -0.1) is 0 Å². The van der Waals surface area contributed by atoms with E-state index < -0.39 is 0 Å². The van der Waals surface area contributed by atoms with Gasteiger partial charge >= 0.3 is 0 Å². The molecule has 148 valence electrons. The van der Waals surface area contributed by atoms with E-state index in [1.54, 1.807) is 19.6 Å². The minimum atomic E-state index is 0.539. The normalized spacial score (nSPS) is 11.0. The lowest BCUT2D eigenvalue weighted by Gasteiger charge is -2.09. The van der Waals surface area contributed by atoms with Gasteiger partial charge in [0.15, 0.2) is 5.65 Å². The fraction of sp³-hybridized carbons (Fsp3) is 0.190. The fourth-order valence-corrected chi connectivity index (χ4v) is 3.44. The zero-order valence-corrected chi connectivity index (χ0v) is 18.0. The van der Waals surface area contributed by atoms with Crippen LogP contribution in [0.15, 0.2) is 61.1 Å². The highest BCUT2D eigenvalue weighted by molar-refractivity contribution is 14.1. The van der Waals surface area contributed by atoms with Gasteiger partial charge in [-0.05, 0) is 58.5 Å². The number of benzene rings is 2.